The van der Waals surface area contributed by atoms with Crippen molar-refractivity contribution < 1.29 is 27.4 Å². The molecule has 130 valence electrons. The molecule has 1 fully saturated rings. The van der Waals surface area contributed by atoms with Crippen LogP contribution in [0.1, 0.15) is 11.4 Å². The highest BCUT2D eigenvalue weighted by Gasteiger charge is 2.31. The maximum Gasteiger partial charge on any atom is 0.416 e. The lowest BCUT2D eigenvalue weighted by atomic mass is 10.2. The van der Waals surface area contributed by atoms with Gasteiger partial charge in [-0.1, -0.05) is 0 Å². The zero-order chi connectivity index (χ0) is 17.3. The Morgan fingerprint density at radius 1 is 1.42 bits per heavy atom. The minimum atomic E-state index is -4.41. The monoisotopic (exact) mass is 343 g/mol. The number of aromatic nitrogens is 2. The van der Waals surface area contributed by atoms with Crippen molar-refractivity contribution in [3.63, 3.8) is 0 Å². The number of ether oxygens (including phenoxy) is 2. The zero-order valence-corrected chi connectivity index (χ0v) is 12.9. The van der Waals surface area contributed by atoms with Crippen LogP contribution in [0.4, 0.5) is 13.2 Å². The topological polar surface area (TPSA) is 67.5 Å². The number of carbonyl (C=O) groups excluding carboxylic acids is 1. The first-order chi connectivity index (χ1) is 11.3. The van der Waals surface area contributed by atoms with Gasteiger partial charge >= 0.3 is 6.18 Å². The number of likely N-dealkylation sites (N-methyl/N-ethyl adjacent to an activating group) is 1. The van der Waals surface area contributed by atoms with E-state index in [-0.39, 0.29) is 24.6 Å². The van der Waals surface area contributed by atoms with Crippen LogP contribution in [0.3, 0.4) is 0 Å². The van der Waals surface area contributed by atoms with Crippen LogP contribution in [-0.4, -0.2) is 53.7 Å². The number of hydrogen-bond acceptors (Lipinski definition) is 4. The summed E-state index contributed by atoms with van der Waals surface area (Å²) < 4.78 is 48.7. The SMILES string of the molecule is CN(Cc1nc2ccc(C(F)(F)F)cc2[nH]1)C(=O)C1COCCO1. The Hall–Kier alpha value is -2.13. The summed E-state index contributed by atoms with van der Waals surface area (Å²) in [5, 5.41) is 0. The molecule has 1 aromatic carbocycles. The van der Waals surface area contributed by atoms with Gasteiger partial charge in [-0.05, 0) is 18.2 Å². The fourth-order valence-corrected chi connectivity index (χ4v) is 2.49. The summed E-state index contributed by atoms with van der Waals surface area (Å²) in [7, 11) is 1.58. The number of nitrogens with zero attached hydrogens (tertiary/aromatic N) is 2. The molecule has 1 atom stereocenters. The van der Waals surface area contributed by atoms with E-state index in [1.165, 1.54) is 11.0 Å². The molecule has 1 unspecified atom stereocenters. The molecule has 0 spiro atoms. The van der Waals surface area contributed by atoms with Gasteiger partial charge in [0, 0.05) is 7.05 Å². The lowest BCUT2D eigenvalue weighted by Gasteiger charge is -2.26. The zero-order valence-electron chi connectivity index (χ0n) is 12.9. The van der Waals surface area contributed by atoms with Crippen molar-refractivity contribution in [1.82, 2.24) is 14.9 Å². The lowest BCUT2D eigenvalue weighted by Crippen LogP contribution is -2.43. The number of H-pyrrole nitrogens is 1. The van der Waals surface area contributed by atoms with Crippen LogP contribution >= 0.6 is 0 Å². The fraction of sp³-hybridized carbons (Fsp3) is 0.467. The Morgan fingerprint density at radius 3 is 2.88 bits per heavy atom. The van der Waals surface area contributed by atoms with Crippen LogP contribution in [0.2, 0.25) is 0 Å². The van der Waals surface area contributed by atoms with E-state index in [4.69, 9.17) is 9.47 Å². The summed E-state index contributed by atoms with van der Waals surface area (Å²) in [5.74, 6) is 0.142. The summed E-state index contributed by atoms with van der Waals surface area (Å²) in [6, 6.07) is 3.29. The molecular weight excluding hydrogens is 327 g/mol. The number of hydrogen-bond donors (Lipinski definition) is 1. The fourth-order valence-electron chi connectivity index (χ4n) is 2.49. The molecule has 1 N–H and O–H groups in total. The Balaban J connectivity index is 1.73. The Labute approximate surface area is 135 Å². The van der Waals surface area contributed by atoms with Crippen LogP contribution in [0.15, 0.2) is 18.2 Å². The van der Waals surface area contributed by atoms with E-state index in [1.807, 2.05) is 0 Å². The molecule has 1 aromatic heterocycles. The normalized spacial score (nSPS) is 18.8. The van der Waals surface area contributed by atoms with Gasteiger partial charge in [-0.25, -0.2) is 4.98 Å². The number of alkyl halides is 3. The van der Waals surface area contributed by atoms with Crippen molar-refractivity contribution in [3.05, 3.63) is 29.6 Å². The molecule has 1 saturated heterocycles. The maximum absolute atomic E-state index is 12.7. The van der Waals surface area contributed by atoms with Crippen LogP contribution in [0.5, 0.6) is 0 Å². The van der Waals surface area contributed by atoms with E-state index < -0.39 is 17.8 Å². The second-order valence-corrected chi connectivity index (χ2v) is 5.54. The average Bonchev–Trinajstić information content (AvgIpc) is 2.95. The van der Waals surface area contributed by atoms with Gasteiger partial charge in [-0.2, -0.15) is 13.2 Å². The van der Waals surface area contributed by atoms with Gasteiger partial charge in [0.2, 0.25) is 0 Å². The summed E-state index contributed by atoms with van der Waals surface area (Å²) >= 11 is 0. The van der Waals surface area contributed by atoms with E-state index in [2.05, 4.69) is 9.97 Å². The number of imidazole rings is 1. The smallest absolute Gasteiger partial charge is 0.376 e. The number of nitrogens with one attached hydrogen (secondary N) is 1. The van der Waals surface area contributed by atoms with Gasteiger partial charge in [0.25, 0.3) is 5.91 Å². The Kier molecular flexibility index (Phi) is 4.46. The van der Waals surface area contributed by atoms with Gasteiger partial charge in [-0.3, -0.25) is 4.79 Å². The molecule has 0 bridgehead atoms. The molecule has 6 nitrogen and oxygen atoms in total. The van der Waals surface area contributed by atoms with Crippen molar-refractivity contribution in [1.29, 1.82) is 0 Å². The standard InChI is InChI=1S/C15H16F3N3O3/c1-21(14(22)12-8-23-4-5-24-12)7-13-19-10-3-2-9(15(16,17)18)6-11(10)20-13/h2-3,6,12H,4-5,7-8H2,1H3,(H,19,20). The first-order valence-electron chi connectivity index (χ1n) is 7.35. The third kappa shape index (κ3) is 3.51. The summed E-state index contributed by atoms with van der Waals surface area (Å²) in [4.78, 5) is 20.7. The minimum Gasteiger partial charge on any atom is -0.376 e. The van der Waals surface area contributed by atoms with E-state index in [0.29, 0.717) is 24.6 Å². The minimum absolute atomic E-state index is 0.134. The van der Waals surface area contributed by atoms with Gasteiger partial charge in [-0.15, -0.1) is 0 Å². The van der Waals surface area contributed by atoms with Gasteiger partial charge < -0.3 is 19.4 Å². The highest BCUT2D eigenvalue weighted by molar-refractivity contribution is 5.81. The summed E-state index contributed by atoms with van der Waals surface area (Å²) in [6.07, 6.45) is -5.07. The molecule has 3 rings (SSSR count). The number of aromatic amines is 1. The first kappa shape index (κ1) is 16.7. The molecule has 0 aliphatic carbocycles. The number of halogens is 3. The van der Waals surface area contributed by atoms with E-state index in [0.717, 1.165) is 12.1 Å². The van der Waals surface area contributed by atoms with Crippen molar-refractivity contribution >= 4 is 16.9 Å². The van der Waals surface area contributed by atoms with Crippen LogP contribution in [0.25, 0.3) is 11.0 Å². The molecule has 2 heterocycles. The first-order valence-corrected chi connectivity index (χ1v) is 7.35. The molecule has 9 heteroatoms. The molecule has 0 saturated carbocycles. The van der Waals surface area contributed by atoms with Crippen molar-refractivity contribution in [2.24, 2.45) is 0 Å². The van der Waals surface area contributed by atoms with Gasteiger partial charge in [0.15, 0.2) is 6.10 Å². The Morgan fingerprint density at radius 2 is 2.21 bits per heavy atom. The quantitative estimate of drug-likeness (QED) is 0.925. The number of fused-ring (bicyclic) bond motifs is 1. The van der Waals surface area contributed by atoms with Crippen LogP contribution < -0.4 is 0 Å². The van der Waals surface area contributed by atoms with Gasteiger partial charge in [0.1, 0.15) is 5.82 Å². The number of amides is 1. The molecule has 1 amide bonds. The predicted octanol–water partition coefficient (Wildman–Crippen LogP) is 1.96. The third-order valence-electron chi connectivity index (χ3n) is 3.71. The largest absolute Gasteiger partial charge is 0.416 e. The van der Waals surface area contributed by atoms with Crippen LogP contribution in [-0.2, 0) is 27.0 Å². The third-order valence-corrected chi connectivity index (χ3v) is 3.71. The molecule has 0 radical (unpaired) electrons. The van der Waals surface area contributed by atoms with Gasteiger partial charge in [0.05, 0.1) is 43.0 Å². The molecule has 1 aliphatic rings. The molecular formula is C15H16F3N3O3. The summed E-state index contributed by atoms with van der Waals surface area (Å²) in [5.41, 5.74) is -0.0589. The second-order valence-electron chi connectivity index (χ2n) is 5.54. The molecule has 24 heavy (non-hydrogen) atoms. The van der Waals surface area contributed by atoms with E-state index in [1.54, 1.807) is 7.05 Å². The van der Waals surface area contributed by atoms with E-state index >= 15 is 0 Å². The maximum atomic E-state index is 12.7. The average molecular weight is 343 g/mol. The number of benzene rings is 1. The lowest BCUT2D eigenvalue weighted by molar-refractivity contribution is -0.157. The molecule has 1 aliphatic heterocycles. The van der Waals surface area contributed by atoms with Crippen molar-refractivity contribution in [2.45, 2.75) is 18.8 Å². The van der Waals surface area contributed by atoms with Crippen LogP contribution in [0, 0.1) is 0 Å². The van der Waals surface area contributed by atoms with Crippen molar-refractivity contribution in [2.75, 3.05) is 26.9 Å². The van der Waals surface area contributed by atoms with Crippen molar-refractivity contribution in [3.8, 4) is 0 Å². The highest BCUT2D eigenvalue weighted by atomic mass is 19.4. The van der Waals surface area contributed by atoms with E-state index in [9.17, 15) is 18.0 Å². The number of rotatable bonds is 3. The summed E-state index contributed by atoms with van der Waals surface area (Å²) in [6.45, 7) is 1.14. The Bertz CT molecular complexity index is 738. The molecule has 2 aromatic rings. The predicted molar refractivity (Wildman–Crippen MR) is 78.1 cm³/mol. The second kappa shape index (κ2) is 6.40. The highest BCUT2D eigenvalue weighted by Crippen LogP contribution is 2.30. The number of carbonyl (C=O) groups is 1.